The number of thiophene rings is 1. The van der Waals surface area contributed by atoms with Crippen LogP contribution in [0.3, 0.4) is 0 Å². The lowest BCUT2D eigenvalue weighted by atomic mass is 10.1. The fourth-order valence-electron chi connectivity index (χ4n) is 4.41. The Kier molecular flexibility index (Phi) is 5.68. The number of benzene rings is 1. The molecule has 0 radical (unpaired) electrons. The van der Waals surface area contributed by atoms with Crippen molar-refractivity contribution in [3.05, 3.63) is 41.0 Å². The molecule has 2 fully saturated rings. The Morgan fingerprint density at radius 3 is 2.28 bits per heavy atom. The van der Waals surface area contributed by atoms with Crippen LogP contribution in [0, 0.1) is 0 Å². The molecule has 0 unspecified atom stereocenters. The number of aromatic nitrogens is 2. The molecule has 2 aliphatic rings. The van der Waals surface area contributed by atoms with E-state index in [0.717, 1.165) is 41.8 Å². The maximum Gasteiger partial charge on any atom is 0.141 e. The summed E-state index contributed by atoms with van der Waals surface area (Å²) in [4.78, 5) is 17.9. The van der Waals surface area contributed by atoms with E-state index in [0.29, 0.717) is 0 Å². The van der Waals surface area contributed by atoms with Crippen LogP contribution >= 0.6 is 22.9 Å². The molecule has 0 saturated carbocycles. The first kappa shape index (κ1) is 19.2. The molecule has 0 aliphatic carbocycles. The van der Waals surface area contributed by atoms with Crippen LogP contribution in [-0.2, 0) is 0 Å². The van der Waals surface area contributed by atoms with Crippen LogP contribution in [0.4, 0.5) is 5.82 Å². The van der Waals surface area contributed by atoms with Gasteiger partial charge in [-0.3, -0.25) is 4.90 Å². The van der Waals surface area contributed by atoms with Crippen molar-refractivity contribution in [2.75, 3.05) is 57.3 Å². The molecular formula is C22H26ClN5S. The quantitative estimate of drug-likeness (QED) is 0.608. The third-order valence-corrected chi connectivity index (χ3v) is 7.25. The van der Waals surface area contributed by atoms with E-state index in [9.17, 15) is 0 Å². The van der Waals surface area contributed by atoms with Crippen LogP contribution in [0.1, 0.15) is 12.8 Å². The van der Waals surface area contributed by atoms with Gasteiger partial charge in [-0.1, -0.05) is 23.7 Å². The Morgan fingerprint density at radius 2 is 1.55 bits per heavy atom. The van der Waals surface area contributed by atoms with E-state index in [1.54, 1.807) is 17.7 Å². The van der Waals surface area contributed by atoms with Gasteiger partial charge < -0.3 is 9.80 Å². The SMILES string of the molecule is Clc1ccc(-c2csc3ncnc(N4CCN(CCN5CCCC5)CC4)c23)cc1. The van der Waals surface area contributed by atoms with E-state index in [-0.39, 0.29) is 0 Å². The molecule has 0 N–H and O–H groups in total. The second-order valence-electron chi connectivity index (χ2n) is 7.91. The first-order valence-corrected chi connectivity index (χ1v) is 11.7. The molecular weight excluding hydrogens is 402 g/mol. The van der Waals surface area contributed by atoms with Crippen LogP contribution in [-0.4, -0.2) is 72.1 Å². The summed E-state index contributed by atoms with van der Waals surface area (Å²) < 4.78 is 0. The summed E-state index contributed by atoms with van der Waals surface area (Å²) >= 11 is 7.77. The zero-order valence-corrected chi connectivity index (χ0v) is 18.1. The minimum absolute atomic E-state index is 0.759. The molecule has 3 aromatic rings. The van der Waals surface area contributed by atoms with Gasteiger partial charge in [0.25, 0.3) is 0 Å². The largest absolute Gasteiger partial charge is 0.353 e. The fourth-order valence-corrected chi connectivity index (χ4v) is 5.45. The summed E-state index contributed by atoms with van der Waals surface area (Å²) in [5.41, 5.74) is 2.37. The molecule has 7 heteroatoms. The number of halogens is 1. The number of fused-ring (bicyclic) bond motifs is 1. The maximum absolute atomic E-state index is 6.09. The smallest absolute Gasteiger partial charge is 0.141 e. The van der Waals surface area contributed by atoms with E-state index >= 15 is 0 Å². The first-order valence-electron chi connectivity index (χ1n) is 10.5. The molecule has 2 aromatic heterocycles. The fraction of sp³-hybridized carbons (Fsp3) is 0.455. The monoisotopic (exact) mass is 427 g/mol. The molecule has 2 saturated heterocycles. The molecule has 0 amide bonds. The average Bonchev–Trinajstić information content (AvgIpc) is 3.43. The molecule has 1 aromatic carbocycles. The van der Waals surface area contributed by atoms with Crippen LogP contribution in [0.25, 0.3) is 21.3 Å². The van der Waals surface area contributed by atoms with Crippen LogP contribution in [0.5, 0.6) is 0 Å². The summed E-state index contributed by atoms with van der Waals surface area (Å²) in [5.74, 6) is 1.07. The summed E-state index contributed by atoms with van der Waals surface area (Å²) in [6.07, 6.45) is 4.45. The number of hydrogen-bond donors (Lipinski definition) is 0. The highest BCUT2D eigenvalue weighted by Crippen LogP contribution is 2.38. The van der Waals surface area contributed by atoms with Gasteiger partial charge in [0.05, 0.1) is 5.39 Å². The van der Waals surface area contributed by atoms with Crippen molar-refractivity contribution in [1.82, 2.24) is 19.8 Å². The highest BCUT2D eigenvalue weighted by molar-refractivity contribution is 7.17. The van der Waals surface area contributed by atoms with Crippen molar-refractivity contribution < 1.29 is 0 Å². The normalized spacial score (nSPS) is 18.7. The van der Waals surface area contributed by atoms with Crippen molar-refractivity contribution in [1.29, 1.82) is 0 Å². The second kappa shape index (κ2) is 8.56. The van der Waals surface area contributed by atoms with Crippen molar-refractivity contribution in [2.45, 2.75) is 12.8 Å². The lowest BCUT2D eigenvalue weighted by molar-refractivity contribution is 0.215. The van der Waals surface area contributed by atoms with Crippen molar-refractivity contribution >= 4 is 39.0 Å². The zero-order valence-electron chi connectivity index (χ0n) is 16.6. The molecule has 0 atom stereocenters. The minimum Gasteiger partial charge on any atom is -0.353 e. The molecule has 152 valence electrons. The van der Waals surface area contributed by atoms with Crippen molar-refractivity contribution in [2.24, 2.45) is 0 Å². The van der Waals surface area contributed by atoms with Gasteiger partial charge in [0.1, 0.15) is 17.0 Å². The number of rotatable bonds is 5. The van der Waals surface area contributed by atoms with E-state index in [1.807, 2.05) is 12.1 Å². The minimum atomic E-state index is 0.759. The van der Waals surface area contributed by atoms with Crippen molar-refractivity contribution in [3.63, 3.8) is 0 Å². The number of nitrogens with zero attached hydrogens (tertiary/aromatic N) is 5. The molecule has 2 aliphatic heterocycles. The van der Waals surface area contributed by atoms with Crippen LogP contribution in [0.15, 0.2) is 36.0 Å². The standard InChI is InChI=1S/C22H26ClN5S/c23-18-5-3-17(4-6-18)19-15-29-22-20(19)21(24-16-25-22)28-13-11-27(12-14-28)10-9-26-7-1-2-8-26/h3-6,15-16H,1-2,7-14H2. The Bertz CT molecular complexity index is 959. The van der Waals surface area contributed by atoms with E-state index in [1.165, 1.54) is 55.5 Å². The van der Waals surface area contributed by atoms with E-state index in [4.69, 9.17) is 16.6 Å². The average molecular weight is 428 g/mol. The molecule has 4 heterocycles. The van der Waals surface area contributed by atoms with Gasteiger partial charge in [0.2, 0.25) is 0 Å². The van der Waals surface area contributed by atoms with E-state index < -0.39 is 0 Å². The third-order valence-electron chi connectivity index (χ3n) is 6.11. The number of likely N-dealkylation sites (tertiary alicyclic amines) is 1. The van der Waals surface area contributed by atoms with Crippen molar-refractivity contribution in [3.8, 4) is 11.1 Å². The zero-order chi connectivity index (χ0) is 19.6. The van der Waals surface area contributed by atoms with Crippen LogP contribution < -0.4 is 4.90 Å². The predicted octanol–water partition coefficient (Wildman–Crippen LogP) is 4.23. The van der Waals surface area contributed by atoms with Gasteiger partial charge in [-0.2, -0.15) is 0 Å². The molecule has 5 rings (SSSR count). The Morgan fingerprint density at radius 1 is 0.862 bits per heavy atom. The highest BCUT2D eigenvalue weighted by atomic mass is 35.5. The van der Waals surface area contributed by atoms with Crippen LogP contribution in [0.2, 0.25) is 5.02 Å². The predicted molar refractivity (Wildman–Crippen MR) is 122 cm³/mol. The highest BCUT2D eigenvalue weighted by Gasteiger charge is 2.23. The summed E-state index contributed by atoms with van der Waals surface area (Å²) in [7, 11) is 0. The van der Waals surface area contributed by atoms with Gasteiger partial charge in [0.15, 0.2) is 0 Å². The lowest BCUT2D eigenvalue weighted by Crippen LogP contribution is -2.48. The molecule has 0 spiro atoms. The van der Waals surface area contributed by atoms with Gasteiger partial charge in [-0.15, -0.1) is 11.3 Å². The van der Waals surface area contributed by atoms with Gasteiger partial charge in [0, 0.05) is 55.2 Å². The Hall–Kier alpha value is -1.73. The summed E-state index contributed by atoms with van der Waals surface area (Å²) in [5, 5.41) is 4.12. The number of piperazine rings is 1. The van der Waals surface area contributed by atoms with Gasteiger partial charge in [-0.25, -0.2) is 9.97 Å². The summed E-state index contributed by atoms with van der Waals surface area (Å²) in [6.45, 7) is 9.18. The number of hydrogen-bond acceptors (Lipinski definition) is 6. The first-order chi connectivity index (χ1) is 14.3. The molecule has 5 nitrogen and oxygen atoms in total. The Balaban J connectivity index is 1.33. The molecule has 29 heavy (non-hydrogen) atoms. The topological polar surface area (TPSA) is 35.5 Å². The second-order valence-corrected chi connectivity index (χ2v) is 9.21. The van der Waals surface area contributed by atoms with Gasteiger partial charge in [-0.05, 0) is 43.6 Å². The Labute approximate surface area is 180 Å². The summed E-state index contributed by atoms with van der Waals surface area (Å²) in [6, 6.07) is 8.06. The van der Waals surface area contributed by atoms with Gasteiger partial charge >= 0.3 is 0 Å². The van der Waals surface area contributed by atoms with E-state index in [2.05, 4.69) is 37.2 Å². The number of anilines is 1. The maximum atomic E-state index is 6.09. The molecule has 0 bridgehead atoms. The lowest BCUT2D eigenvalue weighted by Gasteiger charge is -2.36. The third kappa shape index (κ3) is 4.12.